The average Bonchev–Trinajstić information content (AvgIpc) is 3.77. The van der Waals surface area contributed by atoms with Gasteiger partial charge in [0.1, 0.15) is 0 Å². The second kappa shape index (κ2) is 12.2. The van der Waals surface area contributed by atoms with Crippen molar-refractivity contribution in [1.82, 2.24) is 14.1 Å². The van der Waals surface area contributed by atoms with Gasteiger partial charge in [-0.25, -0.2) is 4.98 Å². The molecule has 0 saturated carbocycles. The average molecular weight is 688 g/mol. The molecule has 0 saturated heterocycles. The Morgan fingerprint density at radius 1 is 0.333 bits per heavy atom. The Labute approximate surface area is 312 Å². The summed E-state index contributed by atoms with van der Waals surface area (Å²) in [7, 11) is 0. The van der Waals surface area contributed by atoms with E-state index in [1.54, 1.807) is 0 Å². The first-order valence-corrected chi connectivity index (χ1v) is 18.5. The van der Waals surface area contributed by atoms with Crippen LogP contribution in [0.25, 0.3) is 99.4 Å². The quantitative estimate of drug-likeness (QED) is 0.177. The van der Waals surface area contributed by atoms with Gasteiger partial charge in [-0.05, 0) is 65.0 Å². The molecular weight excluding hydrogens is 655 g/mol. The normalized spacial score (nSPS) is 11.7. The minimum absolute atomic E-state index is 0.961. The lowest BCUT2D eigenvalue weighted by Crippen LogP contribution is -1.96. The Kier molecular flexibility index (Phi) is 6.86. The molecule has 0 N–H and O–H groups in total. The maximum absolute atomic E-state index is 5.11. The molecule has 252 valence electrons. The van der Waals surface area contributed by atoms with Crippen LogP contribution in [-0.2, 0) is 0 Å². The van der Waals surface area contributed by atoms with Gasteiger partial charge in [0.05, 0.1) is 39.1 Å². The minimum Gasteiger partial charge on any atom is -0.309 e. The van der Waals surface area contributed by atoms with Crippen molar-refractivity contribution in [2.24, 2.45) is 0 Å². The van der Waals surface area contributed by atoms with Gasteiger partial charge in [0.2, 0.25) is 0 Å². The third kappa shape index (κ3) is 4.72. The summed E-state index contributed by atoms with van der Waals surface area (Å²) < 4.78 is 4.92. The highest BCUT2D eigenvalue weighted by molar-refractivity contribution is 6.26. The molecule has 0 aliphatic heterocycles. The van der Waals surface area contributed by atoms with E-state index in [1.165, 1.54) is 60.1 Å². The van der Waals surface area contributed by atoms with E-state index in [2.05, 4.69) is 197 Å². The summed E-state index contributed by atoms with van der Waals surface area (Å²) in [6.45, 7) is 0. The fourth-order valence-electron chi connectivity index (χ4n) is 8.45. The van der Waals surface area contributed by atoms with Gasteiger partial charge in [-0.1, -0.05) is 152 Å². The van der Waals surface area contributed by atoms with E-state index < -0.39 is 0 Å². The lowest BCUT2D eigenvalue weighted by Gasteiger charge is -2.13. The highest BCUT2D eigenvalue weighted by Crippen LogP contribution is 2.43. The molecular formula is C51H33N3. The Bertz CT molecular complexity index is 3130. The first kappa shape index (κ1) is 30.4. The standard InChI is InChI=1S/C51H33N3/c1-3-15-36(16-4-1)44-32-38(33-45(52-44)37-17-5-2-6-18-37)34-26-28-39(29-27-34)53-47-23-11-9-21-41(47)42-30-31-49-50(51(42)53)43-22-10-12-24-48(43)54(49)46-25-13-19-35-14-7-8-20-40(35)46/h1-33H. The Hall–Kier alpha value is -7.23. The summed E-state index contributed by atoms with van der Waals surface area (Å²) >= 11 is 0. The largest absolute Gasteiger partial charge is 0.309 e. The lowest BCUT2D eigenvalue weighted by atomic mass is 10.00. The highest BCUT2D eigenvalue weighted by Gasteiger charge is 2.21. The van der Waals surface area contributed by atoms with Crippen molar-refractivity contribution in [2.45, 2.75) is 0 Å². The van der Waals surface area contributed by atoms with E-state index in [0.29, 0.717) is 0 Å². The van der Waals surface area contributed by atoms with Crippen molar-refractivity contribution < 1.29 is 0 Å². The highest BCUT2D eigenvalue weighted by atomic mass is 15.0. The SMILES string of the molecule is c1ccc(-c2cc(-c3ccc(-n4c5ccccc5c5ccc6c(c7ccccc7n6-c6cccc7ccccc67)c54)cc3)cc(-c3ccccc3)n2)cc1. The molecule has 0 unspecified atom stereocenters. The van der Waals surface area contributed by atoms with Crippen LogP contribution in [0.2, 0.25) is 0 Å². The minimum atomic E-state index is 0.961. The van der Waals surface area contributed by atoms with Gasteiger partial charge < -0.3 is 9.13 Å². The van der Waals surface area contributed by atoms with Crippen LogP contribution >= 0.6 is 0 Å². The molecule has 8 aromatic carbocycles. The zero-order valence-electron chi connectivity index (χ0n) is 29.4. The van der Waals surface area contributed by atoms with Crippen molar-refractivity contribution >= 4 is 54.4 Å². The van der Waals surface area contributed by atoms with Gasteiger partial charge in [0, 0.05) is 43.7 Å². The van der Waals surface area contributed by atoms with E-state index in [-0.39, 0.29) is 0 Å². The van der Waals surface area contributed by atoms with Crippen LogP contribution in [0.15, 0.2) is 200 Å². The maximum atomic E-state index is 5.11. The topological polar surface area (TPSA) is 22.8 Å². The van der Waals surface area contributed by atoms with Gasteiger partial charge in [0.15, 0.2) is 0 Å². The molecule has 3 heterocycles. The molecule has 3 aromatic heterocycles. The number of hydrogen-bond acceptors (Lipinski definition) is 1. The predicted octanol–water partition coefficient (Wildman–Crippen LogP) is 13.4. The van der Waals surface area contributed by atoms with Crippen LogP contribution in [0.3, 0.4) is 0 Å². The van der Waals surface area contributed by atoms with Crippen LogP contribution in [0.4, 0.5) is 0 Å². The predicted molar refractivity (Wildman–Crippen MR) is 227 cm³/mol. The summed E-state index contributed by atoms with van der Waals surface area (Å²) in [6.07, 6.45) is 0. The molecule has 3 heteroatoms. The zero-order chi connectivity index (χ0) is 35.6. The van der Waals surface area contributed by atoms with E-state index in [4.69, 9.17) is 4.98 Å². The number of nitrogens with zero attached hydrogens (tertiary/aromatic N) is 3. The van der Waals surface area contributed by atoms with Crippen LogP contribution in [0.1, 0.15) is 0 Å². The third-order valence-corrected chi connectivity index (χ3v) is 10.9. The molecule has 3 nitrogen and oxygen atoms in total. The molecule has 11 aromatic rings. The number of rotatable bonds is 5. The molecule has 0 atom stereocenters. The summed E-state index contributed by atoms with van der Waals surface area (Å²) in [5, 5.41) is 7.46. The molecule has 0 spiro atoms. The molecule has 0 radical (unpaired) electrons. The Balaban J connectivity index is 1.14. The first-order valence-electron chi connectivity index (χ1n) is 18.5. The third-order valence-electron chi connectivity index (χ3n) is 10.9. The van der Waals surface area contributed by atoms with E-state index in [0.717, 1.165) is 39.3 Å². The molecule has 0 fully saturated rings. The number of aromatic nitrogens is 3. The second-order valence-electron chi connectivity index (χ2n) is 14.0. The number of hydrogen-bond donors (Lipinski definition) is 0. The second-order valence-corrected chi connectivity index (χ2v) is 14.0. The summed E-state index contributed by atoms with van der Waals surface area (Å²) in [5.74, 6) is 0. The Morgan fingerprint density at radius 2 is 0.907 bits per heavy atom. The van der Waals surface area contributed by atoms with Gasteiger partial charge in [0.25, 0.3) is 0 Å². The fraction of sp³-hybridized carbons (Fsp3) is 0. The summed E-state index contributed by atoms with van der Waals surface area (Å²) in [6, 6.07) is 72.0. The summed E-state index contributed by atoms with van der Waals surface area (Å²) in [5.41, 5.74) is 13.5. The van der Waals surface area contributed by atoms with Crippen molar-refractivity contribution in [2.75, 3.05) is 0 Å². The van der Waals surface area contributed by atoms with Crippen molar-refractivity contribution in [3.05, 3.63) is 200 Å². The number of pyridine rings is 1. The summed E-state index contributed by atoms with van der Waals surface area (Å²) in [4.78, 5) is 5.11. The van der Waals surface area contributed by atoms with Crippen LogP contribution in [0.5, 0.6) is 0 Å². The molecule has 0 amide bonds. The van der Waals surface area contributed by atoms with Gasteiger partial charge >= 0.3 is 0 Å². The molecule has 0 bridgehead atoms. The van der Waals surface area contributed by atoms with Gasteiger partial charge in [-0.2, -0.15) is 0 Å². The molecule has 0 aliphatic rings. The van der Waals surface area contributed by atoms with Gasteiger partial charge in [-0.3, -0.25) is 0 Å². The van der Waals surface area contributed by atoms with Crippen LogP contribution in [0, 0.1) is 0 Å². The zero-order valence-corrected chi connectivity index (χ0v) is 29.4. The van der Waals surface area contributed by atoms with E-state index in [1.807, 2.05) is 12.1 Å². The number of fused-ring (bicyclic) bond motifs is 8. The molecule has 54 heavy (non-hydrogen) atoms. The maximum Gasteiger partial charge on any atom is 0.0715 e. The van der Waals surface area contributed by atoms with E-state index >= 15 is 0 Å². The smallest absolute Gasteiger partial charge is 0.0715 e. The van der Waals surface area contributed by atoms with Gasteiger partial charge in [-0.15, -0.1) is 0 Å². The van der Waals surface area contributed by atoms with Crippen molar-refractivity contribution in [1.29, 1.82) is 0 Å². The molecule has 0 aliphatic carbocycles. The monoisotopic (exact) mass is 687 g/mol. The Morgan fingerprint density at radius 3 is 1.61 bits per heavy atom. The van der Waals surface area contributed by atoms with E-state index in [9.17, 15) is 0 Å². The van der Waals surface area contributed by atoms with Crippen LogP contribution in [-0.4, -0.2) is 14.1 Å². The lowest BCUT2D eigenvalue weighted by molar-refractivity contribution is 1.18. The van der Waals surface area contributed by atoms with Crippen LogP contribution < -0.4 is 0 Å². The molecule has 11 rings (SSSR count). The first-order chi connectivity index (χ1) is 26.8. The number of para-hydroxylation sites is 2. The van der Waals surface area contributed by atoms with Crippen molar-refractivity contribution in [3.8, 4) is 45.0 Å². The van der Waals surface area contributed by atoms with Crippen molar-refractivity contribution in [3.63, 3.8) is 0 Å². The number of benzene rings is 8. The fourth-order valence-corrected chi connectivity index (χ4v) is 8.45.